The van der Waals surface area contributed by atoms with Crippen LogP contribution in [0.4, 0.5) is 0 Å². The van der Waals surface area contributed by atoms with E-state index in [2.05, 4.69) is 10.6 Å². The molecule has 1 fully saturated rings. The Morgan fingerprint density at radius 2 is 2.07 bits per heavy atom. The lowest BCUT2D eigenvalue weighted by Crippen LogP contribution is -2.51. The van der Waals surface area contributed by atoms with E-state index < -0.39 is 5.41 Å². The van der Waals surface area contributed by atoms with E-state index >= 15 is 0 Å². The van der Waals surface area contributed by atoms with Crippen LogP contribution in [0, 0.1) is 5.41 Å². The van der Waals surface area contributed by atoms with E-state index in [0.29, 0.717) is 6.54 Å². The minimum atomic E-state index is -0.395. The van der Waals surface area contributed by atoms with Gasteiger partial charge in [-0.25, -0.2) is 0 Å². The lowest BCUT2D eigenvalue weighted by Gasteiger charge is -2.38. The normalized spacial score (nSPS) is 18.1. The second-order valence-corrected chi connectivity index (χ2v) is 3.69. The topological polar surface area (TPSA) is 84.2 Å². The van der Waals surface area contributed by atoms with Gasteiger partial charge in [-0.05, 0) is 12.8 Å². The van der Waals surface area contributed by atoms with Crippen molar-refractivity contribution >= 4 is 11.8 Å². The highest BCUT2D eigenvalue weighted by Gasteiger charge is 2.42. The summed E-state index contributed by atoms with van der Waals surface area (Å²) in [4.78, 5) is 22.5. The molecule has 0 aromatic heterocycles. The first-order valence-corrected chi connectivity index (χ1v) is 4.83. The molecule has 1 saturated carbocycles. The van der Waals surface area contributed by atoms with Gasteiger partial charge in [0.05, 0.1) is 12.0 Å². The van der Waals surface area contributed by atoms with Crippen molar-refractivity contribution in [2.75, 3.05) is 20.1 Å². The van der Waals surface area contributed by atoms with Gasteiger partial charge in [0.15, 0.2) is 0 Å². The molecule has 0 aromatic carbocycles. The third-order valence-electron chi connectivity index (χ3n) is 2.87. The molecule has 14 heavy (non-hydrogen) atoms. The van der Waals surface area contributed by atoms with Gasteiger partial charge < -0.3 is 16.4 Å². The molecule has 0 unspecified atom stereocenters. The Balaban J connectivity index is 2.37. The van der Waals surface area contributed by atoms with Crippen LogP contribution in [-0.2, 0) is 9.59 Å². The molecule has 4 N–H and O–H groups in total. The van der Waals surface area contributed by atoms with Crippen LogP contribution in [-0.4, -0.2) is 32.0 Å². The van der Waals surface area contributed by atoms with Gasteiger partial charge in [0.1, 0.15) is 0 Å². The SMILES string of the molecule is CNC(=O)CNC(=O)C1(CN)CCC1. The van der Waals surface area contributed by atoms with Crippen molar-refractivity contribution in [2.24, 2.45) is 11.1 Å². The van der Waals surface area contributed by atoms with Gasteiger partial charge in [-0.1, -0.05) is 6.42 Å². The Morgan fingerprint density at radius 1 is 1.43 bits per heavy atom. The molecule has 0 spiro atoms. The lowest BCUT2D eigenvalue weighted by atomic mass is 9.68. The molecule has 0 aromatic rings. The fourth-order valence-corrected chi connectivity index (χ4v) is 1.56. The molecule has 1 aliphatic rings. The molecular weight excluding hydrogens is 182 g/mol. The Kier molecular flexibility index (Phi) is 3.46. The van der Waals surface area contributed by atoms with E-state index in [4.69, 9.17) is 5.73 Å². The van der Waals surface area contributed by atoms with Crippen molar-refractivity contribution in [2.45, 2.75) is 19.3 Å². The predicted molar refractivity (Wildman–Crippen MR) is 52.4 cm³/mol. The number of hydrogen-bond donors (Lipinski definition) is 3. The fraction of sp³-hybridized carbons (Fsp3) is 0.778. The van der Waals surface area contributed by atoms with Crippen molar-refractivity contribution < 1.29 is 9.59 Å². The van der Waals surface area contributed by atoms with Crippen LogP contribution >= 0.6 is 0 Å². The van der Waals surface area contributed by atoms with Crippen molar-refractivity contribution in [3.63, 3.8) is 0 Å². The molecule has 2 amide bonds. The number of likely N-dealkylation sites (N-methyl/N-ethyl adjacent to an activating group) is 1. The van der Waals surface area contributed by atoms with Crippen LogP contribution in [0.2, 0.25) is 0 Å². The number of carbonyl (C=O) groups excluding carboxylic acids is 2. The van der Waals surface area contributed by atoms with E-state index in [-0.39, 0.29) is 18.4 Å². The zero-order valence-corrected chi connectivity index (χ0v) is 8.43. The first kappa shape index (κ1) is 11.0. The highest BCUT2D eigenvalue weighted by atomic mass is 16.2. The van der Waals surface area contributed by atoms with Crippen molar-refractivity contribution in [3.05, 3.63) is 0 Å². The predicted octanol–water partition coefficient (Wildman–Crippen LogP) is -1.02. The smallest absolute Gasteiger partial charge is 0.239 e. The number of nitrogens with one attached hydrogen (secondary N) is 2. The maximum Gasteiger partial charge on any atom is 0.239 e. The largest absolute Gasteiger partial charge is 0.358 e. The molecule has 0 atom stereocenters. The summed E-state index contributed by atoms with van der Waals surface area (Å²) in [5.74, 6) is -0.278. The monoisotopic (exact) mass is 199 g/mol. The summed E-state index contributed by atoms with van der Waals surface area (Å²) >= 11 is 0. The van der Waals surface area contributed by atoms with Gasteiger partial charge in [0, 0.05) is 13.6 Å². The molecular formula is C9H17N3O2. The molecule has 5 nitrogen and oxygen atoms in total. The zero-order valence-electron chi connectivity index (χ0n) is 8.43. The Labute approximate surface area is 83.4 Å². The molecule has 0 radical (unpaired) electrons. The Hall–Kier alpha value is -1.10. The molecule has 0 bridgehead atoms. The number of nitrogens with two attached hydrogens (primary N) is 1. The van der Waals surface area contributed by atoms with Crippen LogP contribution in [0.5, 0.6) is 0 Å². The summed E-state index contributed by atoms with van der Waals surface area (Å²) in [5.41, 5.74) is 5.15. The van der Waals surface area contributed by atoms with Gasteiger partial charge in [-0.15, -0.1) is 0 Å². The second kappa shape index (κ2) is 4.41. The maximum atomic E-state index is 11.6. The van der Waals surface area contributed by atoms with Crippen molar-refractivity contribution in [1.82, 2.24) is 10.6 Å². The first-order valence-electron chi connectivity index (χ1n) is 4.83. The summed E-state index contributed by atoms with van der Waals surface area (Å²) in [6, 6.07) is 0. The number of hydrogen-bond acceptors (Lipinski definition) is 3. The molecule has 1 aliphatic carbocycles. The van der Waals surface area contributed by atoms with Gasteiger partial charge in [0.25, 0.3) is 0 Å². The first-order chi connectivity index (χ1) is 6.64. The lowest BCUT2D eigenvalue weighted by molar-refractivity contribution is -0.136. The van der Waals surface area contributed by atoms with E-state index in [0.717, 1.165) is 19.3 Å². The molecule has 0 aliphatic heterocycles. The average molecular weight is 199 g/mol. The molecule has 80 valence electrons. The second-order valence-electron chi connectivity index (χ2n) is 3.69. The summed E-state index contributed by atoms with van der Waals surface area (Å²) in [7, 11) is 1.54. The van der Waals surface area contributed by atoms with E-state index in [1.165, 1.54) is 7.05 Å². The van der Waals surface area contributed by atoms with Crippen LogP contribution in [0.3, 0.4) is 0 Å². The molecule has 5 heteroatoms. The summed E-state index contributed by atoms with van der Waals surface area (Å²) < 4.78 is 0. The van der Waals surface area contributed by atoms with Crippen LogP contribution in [0.15, 0.2) is 0 Å². The zero-order chi connectivity index (χ0) is 10.6. The van der Waals surface area contributed by atoms with Gasteiger partial charge in [0.2, 0.25) is 11.8 Å². The maximum absolute atomic E-state index is 11.6. The van der Waals surface area contributed by atoms with Gasteiger partial charge >= 0.3 is 0 Å². The third kappa shape index (κ3) is 2.04. The summed E-state index contributed by atoms with van der Waals surface area (Å²) in [6.45, 7) is 0.406. The highest BCUT2D eigenvalue weighted by Crippen LogP contribution is 2.39. The third-order valence-corrected chi connectivity index (χ3v) is 2.87. The fourth-order valence-electron chi connectivity index (χ4n) is 1.56. The molecule has 0 saturated heterocycles. The van der Waals surface area contributed by atoms with Crippen molar-refractivity contribution in [1.29, 1.82) is 0 Å². The average Bonchev–Trinajstić information content (AvgIpc) is 2.13. The van der Waals surface area contributed by atoms with Crippen LogP contribution in [0.25, 0.3) is 0 Å². The minimum absolute atomic E-state index is 0.0388. The minimum Gasteiger partial charge on any atom is -0.358 e. The quantitative estimate of drug-likeness (QED) is 0.541. The molecule has 0 heterocycles. The molecule has 1 rings (SSSR count). The van der Waals surface area contributed by atoms with E-state index in [1.807, 2.05) is 0 Å². The van der Waals surface area contributed by atoms with Gasteiger partial charge in [-0.2, -0.15) is 0 Å². The standard InChI is InChI=1S/C9H17N3O2/c1-11-7(13)5-12-8(14)9(6-10)3-2-4-9/h2-6,10H2,1H3,(H,11,13)(H,12,14). The van der Waals surface area contributed by atoms with Crippen LogP contribution < -0.4 is 16.4 Å². The van der Waals surface area contributed by atoms with Crippen molar-refractivity contribution in [3.8, 4) is 0 Å². The Bertz CT molecular complexity index is 231. The number of rotatable bonds is 4. The number of amides is 2. The summed E-state index contributed by atoms with van der Waals surface area (Å²) in [6.07, 6.45) is 2.72. The summed E-state index contributed by atoms with van der Waals surface area (Å²) in [5, 5.41) is 5.04. The van der Waals surface area contributed by atoms with Gasteiger partial charge in [-0.3, -0.25) is 9.59 Å². The van der Waals surface area contributed by atoms with E-state index in [1.54, 1.807) is 0 Å². The highest BCUT2D eigenvalue weighted by molar-refractivity contribution is 5.88. The number of carbonyl (C=O) groups is 2. The van der Waals surface area contributed by atoms with E-state index in [9.17, 15) is 9.59 Å². The van der Waals surface area contributed by atoms with Crippen LogP contribution in [0.1, 0.15) is 19.3 Å². The Morgan fingerprint density at radius 3 is 2.43 bits per heavy atom.